The van der Waals surface area contributed by atoms with E-state index >= 15 is 0 Å². The van der Waals surface area contributed by atoms with Gasteiger partial charge in [0.15, 0.2) is 0 Å². The van der Waals surface area contributed by atoms with Crippen LogP contribution < -0.4 is 0 Å². The molecule has 0 atom stereocenters. The fourth-order valence-corrected chi connectivity index (χ4v) is 2.35. The third kappa shape index (κ3) is 1.91. The molecule has 0 bridgehead atoms. The fourth-order valence-electron chi connectivity index (χ4n) is 2.35. The van der Waals surface area contributed by atoms with Crippen molar-refractivity contribution >= 4 is 21.5 Å². The summed E-state index contributed by atoms with van der Waals surface area (Å²) in [5.74, 6) is 0. The number of benzene rings is 3. The molecule has 3 rings (SSSR count). The van der Waals surface area contributed by atoms with Crippen LogP contribution in [-0.2, 0) is 6.42 Å². The lowest BCUT2D eigenvalue weighted by Gasteiger charge is -2.05. The second kappa shape index (κ2) is 4.21. The molecule has 0 aliphatic carbocycles. The summed E-state index contributed by atoms with van der Waals surface area (Å²) in [5.41, 5.74) is 1.38. The van der Waals surface area contributed by atoms with Crippen LogP contribution in [0.2, 0.25) is 0 Å². The van der Waals surface area contributed by atoms with E-state index in [0.29, 0.717) is 0 Å². The van der Waals surface area contributed by atoms with Crippen molar-refractivity contribution in [1.82, 2.24) is 0 Å². The molecule has 0 heteroatoms. The zero-order valence-corrected chi connectivity index (χ0v) is 9.82. The van der Waals surface area contributed by atoms with Gasteiger partial charge in [-0.3, -0.25) is 0 Å². The molecule has 17 heavy (non-hydrogen) atoms. The Labute approximate surface area is 102 Å². The lowest BCUT2D eigenvalue weighted by molar-refractivity contribution is 1.00. The zero-order chi connectivity index (χ0) is 11.7. The van der Waals surface area contributed by atoms with Gasteiger partial charge in [0, 0.05) is 0 Å². The van der Waals surface area contributed by atoms with Gasteiger partial charge in [-0.25, -0.2) is 0 Å². The van der Waals surface area contributed by atoms with Gasteiger partial charge >= 0.3 is 0 Å². The monoisotopic (exact) mass is 219 g/mol. The average molecular weight is 219 g/mol. The summed E-state index contributed by atoms with van der Waals surface area (Å²) in [5, 5.41) is 5.27. The number of fused-ring (bicyclic) bond motifs is 2. The zero-order valence-electron chi connectivity index (χ0n) is 9.82. The SMILES string of the molecule is [CH2]CCc1ccc2cc3ccccc3cc2c1. The van der Waals surface area contributed by atoms with Crippen molar-refractivity contribution in [2.75, 3.05) is 0 Å². The minimum Gasteiger partial charge on any atom is -0.0616 e. The summed E-state index contributed by atoms with van der Waals surface area (Å²) in [6.07, 6.45) is 2.02. The van der Waals surface area contributed by atoms with E-state index in [1.54, 1.807) is 0 Å². The summed E-state index contributed by atoms with van der Waals surface area (Å²) in [6, 6.07) is 19.8. The second-order valence-corrected chi connectivity index (χ2v) is 4.48. The first kappa shape index (κ1) is 10.3. The van der Waals surface area contributed by atoms with E-state index in [1.165, 1.54) is 27.1 Å². The topological polar surface area (TPSA) is 0 Å². The molecule has 0 spiro atoms. The van der Waals surface area contributed by atoms with Crippen LogP contribution in [0, 0.1) is 6.92 Å². The van der Waals surface area contributed by atoms with Crippen LogP contribution in [0.15, 0.2) is 54.6 Å². The van der Waals surface area contributed by atoms with E-state index < -0.39 is 0 Å². The molecule has 1 radical (unpaired) electrons. The third-order valence-corrected chi connectivity index (χ3v) is 3.23. The van der Waals surface area contributed by atoms with Crippen LogP contribution in [0.3, 0.4) is 0 Å². The predicted molar refractivity (Wildman–Crippen MR) is 75.1 cm³/mol. The maximum absolute atomic E-state index is 3.91. The predicted octanol–water partition coefficient (Wildman–Crippen LogP) is 4.76. The van der Waals surface area contributed by atoms with Crippen molar-refractivity contribution < 1.29 is 0 Å². The molecule has 0 aliphatic heterocycles. The van der Waals surface area contributed by atoms with Gasteiger partial charge in [0.1, 0.15) is 0 Å². The molecule has 0 saturated heterocycles. The van der Waals surface area contributed by atoms with Gasteiger partial charge in [0.2, 0.25) is 0 Å². The highest BCUT2D eigenvalue weighted by Gasteiger charge is 1.99. The quantitative estimate of drug-likeness (QED) is 0.545. The van der Waals surface area contributed by atoms with Crippen LogP contribution in [-0.4, -0.2) is 0 Å². The van der Waals surface area contributed by atoms with Crippen LogP contribution >= 0.6 is 0 Å². The van der Waals surface area contributed by atoms with Crippen molar-refractivity contribution in [1.29, 1.82) is 0 Å². The molecule has 0 fully saturated rings. The largest absolute Gasteiger partial charge is 0.0616 e. The highest BCUT2D eigenvalue weighted by molar-refractivity contribution is 5.98. The molecule has 83 valence electrons. The number of rotatable bonds is 2. The van der Waals surface area contributed by atoms with Crippen molar-refractivity contribution in [3.8, 4) is 0 Å². The Morgan fingerprint density at radius 3 is 2.06 bits per heavy atom. The Balaban J connectivity index is 2.25. The molecule has 3 aromatic rings. The van der Waals surface area contributed by atoms with Crippen molar-refractivity contribution in [3.05, 3.63) is 67.1 Å². The molecular formula is C17H15. The Morgan fingerprint density at radius 2 is 1.35 bits per heavy atom. The molecule has 0 heterocycles. The summed E-state index contributed by atoms with van der Waals surface area (Å²) < 4.78 is 0. The third-order valence-electron chi connectivity index (χ3n) is 3.23. The summed E-state index contributed by atoms with van der Waals surface area (Å²) in [7, 11) is 0. The molecule has 3 aromatic carbocycles. The summed E-state index contributed by atoms with van der Waals surface area (Å²) >= 11 is 0. The van der Waals surface area contributed by atoms with Crippen LogP contribution in [0.25, 0.3) is 21.5 Å². The van der Waals surface area contributed by atoms with Gasteiger partial charge in [-0.1, -0.05) is 49.4 Å². The van der Waals surface area contributed by atoms with E-state index in [1.807, 2.05) is 0 Å². The smallest absolute Gasteiger partial charge is 0.0175 e. The average Bonchev–Trinajstić information content (AvgIpc) is 2.36. The highest BCUT2D eigenvalue weighted by Crippen LogP contribution is 2.24. The Hall–Kier alpha value is -1.82. The Kier molecular flexibility index (Phi) is 2.56. The Bertz CT molecular complexity index is 665. The molecule has 0 N–H and O–H groups in total. The summed E-state index contributed by atoms with van der Waals surface area (Å²) in [6.45, 7) is 3.91. The number of hydrogen-bond donors (Lipinski definition) is 0. The van der Waals surface area contributed by atoms with Crippen LogP contribution in [0.5, 0.6) is 0 Å². The molecule has 0 saturated carbocycles. The molecule has 0 amide bonds. The van der Waals surface area contributed by atoms with E-state index in [2.05, 4.69) is 61.5 Å². The fraction of sp³-hybridized carbons (Fsp3) is 0.118. The molecule has 0 unspecified atom stereocenters. The van der Waals surface area contributed by atoms with E-state index in [9.17, 15) is 0 Å². The first-order chi connectivity index (χ1) is 8.36. The van der Waals surface area contributed by atoms with E-state index in [0.717, 1.165) is 12.8 Å². The lowest BCUT2D eigenvalue weighted by Crippen LogP contribution is -1.83. The number of aryl methyl sites for hydroxylation is 1. The first-order valence-electron chi connectivity index (χ1n) is 6.07. The van der Waals surface area contributed by atoms with Crippen molar-refractivity contribution in [2.45, 2.75) is 12.8 Å². The maximum Gasteiger partial charge on any atom is -0.0175 e. The van der Waals surface area contributed by atoms with Gasteiger partial charge in [-0.15, -0.1) is 0 Å². The lowest BCUT2D eigenvalue weighted by atomic mass is 10.0. The van der Waals surface area contributed by atoms with Gasteiger partial charge in [0.05, 0.1) is 0 Å². The van der Waals surface area contributed by atoms with Gasteiger partial charge < -0.3 is 0 Å². The van der Waals surface area contributed by atoms with E-state index in [4.69, 9.17) is 0 Å². The standard InChI is InChI=1S/C17H15/c1-2-5-13-8-9-16-11-14-6-3-4-7-15(14)12-17(16)10-13/h3-4,6-12H,1-2,5H2. The van der Waals surface area contributed by atoms with Gasteiger partial charge in [-0.05, 0) is 52.1 Å². The Morgan fingerprint density at radius 1 is 0.706 bits per heavy atom. The molecule has 0 aromatic heterocycles. The summed E-state index contributed by atoms with van der Waals surface area (Å²) in [4.78, 5) is 0. The highest BCUT2D eigenvalue weighted by atomic mass is 14.0. The van der Waals surface area contributed by atoms with Crippen molar-refractivity contribution in [2.24, 2.45) is 0 Å². The number of hydrogen-bond acceptors (Lipinski definition) is 0. The molecular weight excluding hydrogens is 204 g/mol. The minimum atomic E-state index is 0.957. The maximum atomic E-state index is 3.91. The molecule has 0 aliphatic rings. The normalized spacial score (nSPS) is 11.1. The van der Waals surface area contributed by atoms with Gasteiger partial charge in [-0.2, -0.15) is 0 Å². The molecule has 0 nitrogen and oxygen atoms in total. The van der Waals surface area contributed by atoms with Gasteiger partial charge in [0.25, 0.3) is 0 Å². The minimum absolute atomic E-state index is 0.957. The van der Waals surface area contributed by atoms with Crippen molar-refractivity contribution in [3.63, 3.8) is 0 Å². The van der Waals surface area contributed by atoms with E-state index in [-0.39, 0.29) is 0 Å². The van der Waals surface area contributed by atoms with Crippen LogP contribution in [0.4, 0.5) is 0 Å². The first-order valence-corrected chi connectivity index (χ1v) is 6.07. The second-order valence-electron chi connectivity index (χ2n) is 4.48. The van der Waals surface area contributed by atoms with Crippen LogP contribution in [0.1, 0.15) is 12.0 Å².